The highest BCUT2D eigenvalue weighted by Gasteiger charge is 2.19. The molecule has 1 saturated carbocycles. The smallest absolute Gasteiger partial charge is 0.0881 e. The number of fused-ring (bicyclic) bond motifs is 1. The molecule has 0 radical (unpaired) electrons. The fraction of sp³-hybridized carbons (Fsp3) is 0.500. The molecule has 1 aliphatic rings. The molecule has 2 atom stereocenters. The van der Waals surface area contributed by atoms with Crippen LogP contribution in [0.25, 0.3) is 10.9 Å². The summed E-state index contributed by atoms with van der Waals surface area (Å²) in [7, 11) is 0. The Balaban J connectivity index is 1.82. The summed E-state index contributed by atoms with van der Waals surface area (Å²) in [6, 6.07) is 6.94. The van der Waals surface area contributed by atoms with Crippen LogP contribution in [0, 0.1) is 5.92 Å². The van der Waals surface area contributed by atoms with Gasteiger partial charge in [-0.1, -0.05) is 31.9 Å². The second-order valence-electron chi connectivity index (χ2n) is 5.25. The number of aromatic amines is 1. The Kier molecular flexibility index (Phi) is 2.75. The lowest BCUT2D eigenvalue weighted by atomic mass is 9.87. The SMILES string of the molecule is CC1CCCC(Nc2cccc3cn[nH]c23)C1. The van der Waals surface area contributed by atoms with Crippen molar-refractivity contribution in [3.63, 3.8) is 0 Å². The van der Waals surface area contributed by atoms with E-state index in [2.05, 4.69) is 40.6 Å². The lowest BCUT2D eigenvalue weighted by Gasteiger charge is -2.28. The van der Waals surface area contributed by atoms with Crippen molar-refractivity contribution < 1.29 is 0 Å². The van der Waals surface area contributed by atoms with E-state index in [1.165, 1.54) is 36.8 Å². The van der Waals surface area contributed by atoms with Crippen molar-refractivity contribution in [2.45, 2.75) is 38.6 Å². The maximum atomic E-state index is 4.10. The van der Waals surface area contributed by atoms with Crippen LogP contribution in [0.15, 0.2) is 24.4 Å². The van der Waals surface area contributed by atoms with Gasteiger partial charge in [-0.15, -0.1) is 0 Å². The van der Waals surface area contributed by atoms with E-state index < -0.39 is 0 Å². The third-order valence-electron chi connectivity index (χ3n) is 3.77. The Morgan fingerprint density at radius 1 is 1.35 bits per heavy atom. The van der Waals surface area contributed by atoms with Crippen molar-refractivity contribution >= 4 is 16.6 Å². The molecule has 3 heteroatoms. The van der Waals surface area contributed by atoms with Gasteiger partial charge in [0.25, 0.3) is 0 Å². The molecule has 0 amide bonds. The maximum absolute atomic E-state index is 4.10. The minimum atomic E-state index is 0.618. The molecule has 1 aromatic carbocycles. The van der Waals surface area contributed by atoms with Gasteiger partial charge in [0.2, 0.25) is 0 Å². The van der Waals surface area contributed by atoms with E-state index >= 15 is 0 Å². The third-order valence-corrected chi connectivity index (χ3v) is 3.77. The lowest BCUT2D eigenvalue weighted by molar-refractivity contribution is 0.359. The Morgan fingerprint density at radius 2 is 2.29 bits per heavy atom. The summed E-state index contributed by atoms with van der Waals surface area (Å²) in [4.78, 5) is 0. The van der Waals surface area contributed by atoms with Gasteiger partial charge in [-0.2, -0.15) is 5.10 Å². The van der Waals surface area contributed by atoms with Gasteiger partial charge in [-0.3, -0.25) is 5.10 Å². The number of nitrogens with zero attached hydrogens (tertiary/aromatic N) is 1. The summed E-state index contributed by atoms with van der Waals surface area (Å²) >= 11 is 0. The first kappa shape index (κ1) is 10.6. The average Bonchev–Trinajstić information content (AvgIpc) is 2.78. The van der Waals surface area contributed by atoms with Crippen LogP contribution >= 0.6 is 0 Å². The summed E-state index contributed by atoms with van der Waals surface area (Å²) in [6.07, 6.45) is 7.17. The summed E-state index contributed by atoms with van der Waals surface area (Å²) in [5.74, 6) is 0.849. The minimum absolute atomic E-state index is 0.618. The number of anilines is 1. The quantitative estimate of drug-likeness (QED) is 0.826. The van der Waals surface area contributed by atoms with Crippen molar-refractivity contribution in [1.29, 1.82) is 0 Å². The number of H-pyrrole nitrogens is 1. The molecule has 90 valence electrons. The number of aromatic nitrogens is 2. The Bertz CT molecular complexity index is 503. The van der Waals surface area contributed by atoms with Crippen LogP contribution in [-0.2, 0) is 0 Å². The van der Waals surface area contributed by atoms with E-state index in [1.54, 1.807) is 0 Å². The van der Waals surface area contributed by atoms with E-state index in [9.17, 15) is 0 Å². The first-order chi connectivity index (χ1) is 8.33. The third kappa shape index (κ3) is 2.14. The van der Waals surface area contributed by atoms with E-state index in [-0.39, 0.29) is 0 Å². The number of hydrogen-bond donors (Lipinski definition) is 2. The second-order valence-corrected chi connectivity index (χ2v) is 5.25. The predicted molar refractivity (Wildman–Crippen MR) is 71.1 cm³/mol. The van der Waals surface area contributed by atoms with Crippen molar-refractivity contribution in [3.8, 4) is 0 Å². The molecule has 3 nitrogen and oxygen atoms in total. The Hall–Kier alpha value is -1.51. The number of rotatable bonds is 2. The molecule has 2 aromatic rings. The molecule has 3 rings (SSSR count). The first-order valence-corrected chi connectivity index (χ1v) is 6.51. The second kappa shape index (κ2) is 4.40. The van der Waals surface area contributed by atoms with Crippen LogP contribution in [0.2, 0.25) is 0 Å². The Morgan fingerprint density at radius 3 is 3.18 bits per heavy atom. The average molecular weight is 229 g/mol. The van der Waals surface area contributed by atoms with E-state index in [4.69, 9.17) is 0 Å². The van der Waals surface area contributed by atoms with Gasteiger partial charge in [0.05, 0.1) is 17.4 Å². The van der Waals surface area contributed by atoms with E-state index in [0.717, 1.165) is 11.4 Å². The molecule has 1 aliphatic carbocycles. The van der Waals surface area contributed by atoms with Gasteiger partial charge in [-0.05, 0) is 24.8 Å². The molecule has 0 bridgehead atoms. The predicted octanol–water partition coefficient (Wildman–Crippen LogP) is 3.55. The standard InChI is InChI=1S/C14H19N3/c1-10-4-2-6-12(8-10)16-13-7-3-5-11-9-15-17-14(11)13/h3,5,7,9-10,12,16H,2,4,6,8H2,1H3,(H,15,17). The number of benzene rings is 1. The normalized spacial score (nSPS) is 25.0. The summed E-state index contributed by atoms with van der Waals surface area (Å²) < 4.78 is 0. The zero-order valence-electron chi connectivity index (χ0n) is 10.2. The van der Waals surface area contributed by atoms with Gasteiger partial charge >= 0.3 is 0 Å². The highest BCUT2D eigenvalue weighted by Crippen LogP contribution is 2.28. The molecule has 17 heavy (non-hydrogen) atoms. The molecule has 0 spiro atoms. The van der Waals surface area contributed by atoms with Crippen molar-refractivity contribution in [2.24, 2.45) is 5.92 Å². The molecule has 2 unspecified atom stereocenters. The van der Waals surface area contributed by atoms with Crippen molar-refractivity contribution in [1.82, 2.24) is 10.2 Å². The van der Waals surface area contributed by atoms with Crippen molar-refractivity contribution in [3.05, 3.63) is 24.4 Å². The minimum Gasteiger partial charge on any atom is -0.381 e. The fourth-order valence-corrected chi connectivity index (χ4v) is 2.87. The van der Waals surface area contributed by atoms with Gasteiger partial charge in [0.15, 0.2) is 0 Å². The topological polar surface area (TPSA) is 40.7 Å². The molecule has 2 N–H and O–H groups in total. The summed E-state index contributed by atoms with van der Waals surface area (Å²) in [6.45, 7) is 2.35. The first-order valence-electron chi connectivity index (χ1n) is 6.51. The zero-order valence-corrected chi connectivity index (χ0v) is 10.2. The van der Waals surface area contributed by atoms with E-state index in [0.29, 0.717) is 6.04 Å². The van der Waals surface area contributed by atoms with Crippen LogP contribution in [0.1, 0.15) is 32.6 Å². The van der Waals surface area contributed by atoms with Crippen LogP contribution in [0.4, 0.5) is 5.69 Å². The highest BCUT2D eigenvalue weighted by molar-refractivity contribution is 5.89. The van der Waals surface area contributed by atoms with Gasteiger partial charge in [-0.25, -0.2) is 0 Å². The van der Waals surface area contributed by atoms with E-state index in [1.807, 2.05) is 6.20 Å². The number of hydrogen-bond acceptors (Lipinski definition) is 2. The van der Waals surface area contributed by atoms with Crippen LogP contribution in [0.5, 0.6) is 0 Å². The summed E-state index contributed by atoms with van der Waals surface area (Å²) in [5, 5.41) is 12.0. The number of nitrogens with one attached hydrogen (secondary N) is 2. The van der Waals surface area contributed by atoms with Gasteiger partial charge in [0, 0.05) is 11.4 Å². The van der Waals surface area contributed by atoms with Crippen molar-refractivity contribution in [2.75, 3.05) is 5.32 Å². The maximum Gasteiger partial charge on any atom is 0.0881 e. The molecule has 1 fully saturated rings. The molecule has 0 aliphatic heterocycles. The fourth-order valence-electron chi connectivity index (χ4n) is 2.87. The Labute approximate surface area is 102 Å². The highest BCUT2D eigenvalue weighted by atomic mass is 15.1. The molecule has 0 saturated heterocycles. The molecule has 1 aromatic heterocycles. The van der Waals surface area contributed by atoms with Gasteiger partial charge < -0.3 is 5.32 Å². The summed E-state index contributed by atoms with van der Waals surface area (Å²) in [5.41, 5.74) is 2.32. The lowest BCUT2D eigenvalue weighted by Crippen LogP contribution is -2.26. The molecule has 1 heterocycles. The molecular weight excluding hydrogens is 210 g/mol. The van der Waals surface area contributed by atoms with Crippen LogP contribution < -0.4 is 5.32 Å². The monoisotopic (exact) mass is 229 g/mol. The molecular formula is C14H19N3. The largest absolute Gasteiger partial charge is 0.381 e. The zero-order chi connectivity index (χ0) is 11.7. The number of para-hydroxylation sites is 1. The van der Waals surface area contributed by atoms with Gasteiger partial charge in [0.1, 0.15) is 0 Å². The van der Waals surface area contributed by atoms with Crippen LogP contribution in [-0.4, -0.2) is 16.2 Å². The van der Waals surface area contributed by atoms with Crippen LogP contribution in [0.3, 0.4) is 0 Å².